The highest BCUT2D eigenvalue weighted by molar-refractivity contribution is 4.90. The molecule has 0 amide bonds. The van der Waals surface area contributed by atoms with Crippen LogP contribution in [0, 0.1) is 0 Å². The number of hydrogen-bond donors (Lipinski definition) is 1. The minimum Gasteiger partial charge on any atom is -0.396 e. The molecule has 17 heavy (non-hydrogen) atoms. The molecule has 0 rings (SSSR count). The first-order chi connectivity index (χ1) is 7.56. The summed E-state index contributed by atoms with van der Waals surface area (Å²) >= 11 is 0. The topological polar surface area (TPSA) is 20.2 Å². The minimum atomic E-state index is -6.25. The van der Waals surface area contributed by atoms with Crippen LogP contribution in [0.4, 0.5) is 30.7 Å². The SMILES string of the molecule is OCCCCCCC(F)(F)C(F)(F)C(F)(F)F. The van der Waals surface area contributed by atoms with Crippen LogP contribution in [0.3, 0.4) is 0 Å². The number of halogens is 7. The Hall–Kier alpha value is -0.530. The van der Waals surface area contributed by atoms with Gasteiger partial charge in [0, 0.05) is 13.0 Å². The van der Waals surface area contributed by atoms with Gasteiger partial charge in [-0.2, -0.15) is 30.7 Å². The average Bonchev–Trinajstić information content (AvgIpc) is 2.15. The molecule has 0 aliphatic heterocycles. The van der Waals surface area contributed by atoms with Crippen LogP contribution >= 0.6 is 0 Å². The van der Waals surface area contributed by atoms with Crippen molar-refractivity contribution in [3.8, 4) is 0 Å². The van der Waals surface area contributed by atoms with Gasteiger partial charge >= 0.3 is 18.0 Å². The molecule has 0 bridgehead atoms. The molecule has 0 aromatic heterocycles. The molecule has 0 fully saturated rings. The zero-order chi connectivity index (χ0) is 13.7. The molecule has 8 heteroatoms. The lowest BCUT2D eigenvalue weighted by Crippen LogP contribution is -2.51. The monoisotopic (exact) mass is 270 g/mol. The van der Waals surface area contributed by atoms with E-state index in [9.17, 15) is 30.7 Å². The maximum Gasteiger partial charge on any atom is 0.459 e. The summed E-state index contributed by atoms with van der Waals surface area (Å²) in [4.78, 5) is 0. The van der Waals surface area contributed by atoms with E-state index in [-0.39, 0.29) is 13.0 Å². The van der Waals surface area contributed by atoms with Crippen LogP contribution in [-0.2, 0) is 0 Å². The van der Waals surface area contributed by atoms with Gasteiger partial charge < -0.3 is 5.11 Å². The molecule has 0 saturated heterocycles. The van der Waals surface area contributed by atoms with Crippen LogP contribution in [0.25, 0.3) is 0 Å². The van der Waals surface area contributed by atoms with Crippen LogP contribution in [0.5, 0.6) is 0 Å². The Morgan fingerprint density at radius 2 is 1.18 bits per heavy atom. The highest BCUT2D eigenvalue weighted by atomic mass is 19.4. The zero-order valence-electron chi connectivity index (χ0n) is 8.84. The van der Waals surface area contributed by atoms with Crippen LogP contribution in [0.15, 0.2) is 0 Å². The molecule has 0 atom stereocenters. The second-order valence-electron chi connectivity index (χ2n) is 3.66. The molecule has 0 aliphatic carbocycles. The van der Waals surface area contributed by atoms with Crippen LogP contribution in [0.1, 0.15) is 32.1 Å². The largest absolute Gasteiger partial charge is 0.459 e. The summed E-state index contributed by atoms with van der Waals surface area (Å²) < 4.78 is 85.2. The molecule has 104 valence electrons. The zero-order valence-corrected chi connectivity index (χ0v) is 8.84. The summed E-state index contributed by atoms with van der Waals surface area (Å²) in [6.07, 6.45) is -7.53. The summed E-state index contributed by atoms with van der Waals surface area (Å²) in [7, 11) is 0. The van der Waals surface area contributed by atoms with Crippen molar-refractivity contribution in [1.82, 2.24) is 0 Å². The van der Waals surface area contributed by atoms with Crippen molar-refractivity contribution < 1.29 is 35.8 Å². The predicted octanol–water partition coefficient (Wildman–Crippen LogP) is 3.76. The molecule has 1 nitrogen and oxygen atoms in total. The molecule has 0 spiro atoms. The van der Waals surface area contributed by atoms with Crippen molar-refractivity contribution in [1.29, 1.82) is 0 Å². The first-order valence-electron chi connectivity index (χ1n) is 4.99. The van der Waals surface area contributed by atoms with Crippen molar-refractivity contribution in [2.24, 2.45) is 0 Å². The van der Waals surface area contributed by atoms with Gasteiger partial charge in [-0.3, -0.25) is 0 Å². The van der Waals surface area contributed by atoms with Crippen molar-refractivity contribution in [3.63, 3.8) is 0 Å². The lowest BCUT2D eigenvalue weighted by atomic mass is 10.0. The normalized spacial score (nSPS) is 14.1. The van der Waals surface area contributed by atoms with Gasteiger partial charge in [0.25, 0.3) is 0 Å². The Bertz CT molecular complexity index is 224. The van der Waals surface area contributed by atoms with Crippen LogP contribution in [0.2, 0.25) is 0 Å². The number of hydrogen-bond acceptors (Lipinski definition) is 1. The fourth-order valence-electron chi connectivity index (χ4n) is 1.18. The maximum absolute atomic E-state index is 12.7. The summed E-state index contributed by atoms with van der Waals surface area (Å²) in [5.74, 6) is -11.1. The fourth-order valence-corrected chi connectivity index (χ4v) is 1.18. The van der Waals surface area contributed by atoms with Gasteiger partial charge in [-0.25, -0.2) is 0 Å². The first kappa shape index (κ1) is 16.5. The lowest BCUT2D eigenvalue weighted by Gasteiger charge is -2.28. The number of unbranched alkanes of at least 4 members (excludes halogenated alkanes) is 3. The van der Waals surface area contributed by atoms with E-state index in [1.54, 1.807) is 0 Å². The predicted molar refractivity (Wildman–Crippen MR) is 46.1 cm³/mol. The van der Waals surface area contributed by atoms with Gasteiger partial charge in [-0.1, -0.05) is 12.8 Å². The third-order valence-electron chi connectivity index (χ3n) is 2.21. The van der Waals surface area contributed by atoms with Crippen molar-refractivity contribution in [2.75, 3.05) is 6.61 Å². The van der Waals surface area contributed by atoms with Crippen molar-refractivity contribution in [2.45, 2.75) is 50.1 Å². The maximum atomic E-state index is 12.7. The lowest BCUT2D eigenvalue weighted by molar-refractivity contribution is -0.355. The Kier molecular flexibility index (Phi) is 5.70. The molecule has 0 unspecified atom stereocenters. The molecule has 0 saturated carbocycles. The first-order valence-corrected chi connectivity index (χ1v) is 4.99. The van der Waals surface area contributed by atoms with E-state index in [0.717, 1.165) is 0 Å². The molecule has 0 radical (unpaired) electrons. The van der Waals surface area contributed by atoms with Crippen molar-refractivity contribution >= 4 is 0 Å². The van der Waals surface area contributed by atoms with Crippen LogP contribution in [-0.4, -0.2) is 29.7 Å². The second-order valence-corrected chi connectivity index (χ2v) is 3.66. The smallest absolute Gasteiger partial charge is 0.396 e. The highest BCUT2D eigenvalue weighted by Gasteiger charge is 2.72. The molecule has 1 N–H and O–H groups in total. The third kappa shape index (κ3) is 4.33. The Morgan fingerprint density at radius 3 is 1.59 bits per heavy atom. The van der Waals surface area contributed by atoms with E-state index in [1.165, 1.54) is 0 Å². The average molecular weight is 270 g/mol. The number of aliphatic hydroxyl groups excluding tert-OH is 1. The van der Waals surface area contributed by atoms with E-state index in [4.69, 9.17) is 5.11 Å². The Morgan fingerprint density at radius 1 is 0.706 bits per heavy atom. The summed E-state index contributed by atoms with van der Waals surface area (Å²) in [6, 6.07) is 0. The summed E-state index contributed by atoms with van der Waals surface area (Å²) in [5, 5.41) is 8.34. The van der Waals surface area contributed by atoms with Crippen molar-refractivity contribution in [3.05, 3.63) is 0 Å². The number of rotatable bonds is 7. The van der Waals surface area contributed by atoms with E-state index >= 15 is 0 Å². The number of alkyl halides is 7. The summed E-state index contributed by atoms with van der Waals surface area (Å²) in [6.45, 7) is -0.172. The fraction of sp³-hybridized carbons (Fsp3) is 1.00. The quantitative estimate of drug-likeness (QED) is 0.551. The van der Waals surface area contributed by atoms with Gasteiger partial charge in [0.2, 0.25) is 0 Å². The van der Waals surface area contributed by atoms with Gasteiger partial charge in [0.15, 0.2) is 0 Å². The molecule has 0 heterocycles. The molecule has 0 aromatic carbocycles. The molecular formula is C9H13F7O. The Labute approximate surface area is 93.6 Å². The second kappa shape index (κ2) is 5.88. The van der Waals surface area contributed by atoms with Crippen LogP contribution < -0.4 is 0 Å². The van der Waals surface area contributed by atoms with E-state index in [1.807, 2.05) is 0 Å². The van der Waals surface area contributed by atoms with Gasteiger partial charge in [0.05, 0.1) is 0 Å². The minimum absolute atomic E-state index is 0.0735. The molecule has 0 aliphatic rings. The summed E-state index contributed by atoms with van der Waals surface area (Å²) in [5.41, 5.74) is 0. The number of aliphatic hydroxyl groups is 1. The van der Waals surface area contributed by atoms with Gasteiger partial charge in [0.1, 0.15) is 0 Å². The van der Waals surface area contributed by atoms with E-state index < -0.39 is 30.9 Å². The standard InChI is InChI=1S/C9H13F7O/c10-7(11,5-3-1-2-4-6-17)8(12,13)9(14,15)16/h17H,1-6H2. The molecule has 0 aromatic rings. The van der Waals surface area contributed by atoms with E-state index in [2.05, 4.69) is 0 Å². The van der Waals surface area contributed by atoms with E-state index in [0.29, 0.717) is 12.8 Å². The van der Waals surface area contributed by atoms with Gasteiger partial charge in [-0.15, -0.1) is 0 Å². The highest BCUT2D eigenvalue weighted by Crippen LogP contribution is 2.48. The molecular weight excluding hydrogens is 257 g/mol. The Balaban J connectivity index is 4.28. The van der Waals surface area contributed by atoms with Gasteiger partial charge in [-0.05, 0) is 12.8 Å². The third-order valence-corrected chi connectivity index (χ3v) is 2.21.